The maximum atomic E-state index is 5.44. The Labute approximate surface area is 88.2 Å². The zero-order valence-corrected chi connectivity index (χ0v) is 8.60. The molecule has 0 aromatic carbocycles. The molecule has 0 unspecified atom stereocenters. The minimum absolute atomic E-state index is 0.614. The average Bonchev–Trinajstić information content (AvgIpc) is 2.66. The van der Waals surface area contributed by atoms with E-state index in [1.807, 2.05) is 13.0 Å². The molecule has 0 saturated carbocycles. The Hall–Kier alpha value is -1.68. The van der Waals surface area contributed by atoms with Crippen molar-refractivity contribution in [3.05, 3.63) is 35.9 Å². The highest BCUT2D eigenvalue weighted by atomic mass is 16.3. The summed E-state index contributed by atoms with van der Waals surface area (Å²) in [6.45, 7) is 2.58. The molecule has 0 aliphatic carbocycles. The Morgan fingerprint density at radius 3 is 2.60 bits per heavy atom. The Morgan fingerprint density at radius 2 is 2.07 bits per heavy atom. The second-order valence-electron chi connectivity index (χ2n) is 3.39. The molecule has 2 aromatic heterocycles. The molecule has 4 nitrogen and oxygen atoms in total. The van der Waals surface area contributed by atoms with Crippen LogP contribution in [0, 0.1) is 6.92 Å². The quantitative estimate of drug-likeness (QED) is 0.821. The van der Waals surface area contributed by atoms with Crippen molar-refractivity contribution >= 4 is 0 Å². The lowest BCUT2D eigenvalue weighted by molar-refractivity contribution is 0.575. The van der Waals surface area contributed by atoms with Gasteiger partial charge >= 0.3 is 0 Å². The monoisotopic (exact) mass is 203 g/mol. The SMILES string of the molecule is Cc1ccoc1-c1ncc(CCN)cn1. The van der Waals surface area contributed by atoms with Gasteiger partial charge in [0.25, 0.3) is 0 Å². The van der Waals surface area contributed by atoms with Crippen LogP contribution in [-0.4, -0.2) is 16.5 Å². The number of hydrogen-bond donors (Lipinski definition) is 1. The van der Waals surface area contributed by atoms with Gasteiger partial charge < -0.3 is 10.2 Å². The maximum absolute atomic E-state index is 5.44. The first-order valence-electron chi connectivity index (χ1n) is 4.86. The smallest absolute Gasteiger partial charge is 0.195 e. The normalized spacial score (nSPS) is 10.5. The standard InChI is InChI=1S/C11H13N3O/c1-8-3-5-15-10(8)11-13-6-9(2-4-12)7-14-11/h3,5-7H,2,4,12H2,1H3. The van der Waals surface area contributed by atoms with Crippen molar-refractivity contribution in [2.75, 3.05) is 6.54 Å². The number of nitrogens with zero attached hydrogens (tertiary/aromatic N) is 2. The van der Waals surface area contributed by atoms with E-state index in [1.54, 1.807) is 18.7 Å². The third-order valence-electron chi connectivity index (χ3n) is 2.20. The first-order valence-corrected chi connectivity index (χ1v) is 4.86. The summed E-state index contributed by atoms with van der Waals surface area (Å²) in [5.74, 6) is 1.35. The van der Waals surface area contributed by atoms with Crippen LogP contribution in [0.3, 0.4) is 0 Å². The molecule has 15 heavy (non-hydrogen) atoms. The predicted molar refractivity (Wildman–Crippen MR) is 57.2 cm³/mol. The number of hydrogen-bond acceptors (Lipinski definition) is 4. The van der Waals surface area contributed by atoms with E-state index >= 15 is 0 Å². The molecular formula is C11H13N3O. The molecule has 0 bridgehead atoms. The molecule has 0 saturated heterocycles. The van der Waals surface area contributed by atoms with Crippen molar-refractivity contribution < 1.29 is 4.42 Å². The highest BCUT2D eigenvalue weighted by Crippen LogP contribution is 2.19. The van der Waals surface area contributed by atoms with Gasteiger partial charge in [-0.25, -0.2) is 9.97 Å². The highest BCUT2D eigenvalue weighted by molar-refractivity contribution is 5.51. The lowest BCUT2D eigenvalue weighted by Crippen LogP contribution is -2.03. The molecule has 2 aromatic rings. The summed E-state index contributed by atoms with van der Waals surface area (Å²) in [6, 6.07) is 1.90. The summed E-state index contributed by atoms with van der Waals surface area (Å²) >= 11 is 0. The van der Waals surface area contributed by atoms with E-state index in [-0.39, 0.29) is 0 Å². The molecule has 0 atom stereocenters. The minimum atomic E-state index is 0.614. The van der Waals surface area contributed by atoms with E-state index in [0.717, 1.165) is 23.3 Å². The Bertz CT molecular complexity index is 433. The number of furan rings is 1. The Balaban J connectivity index is 2.28. The van der Waals surface area contributed by atoms with Gasteiger partial charge in [0.2, 0.25) is 0 Å². The summed E-state index contributed by atoms with van der Waals surface area (Å²) in [4.78, 5) is 8.48. The van der Waals surface area contributed by atoms with E-state index in [4.69, 9.17) is 10.2 Å². The molecule has 2 heterocycles. The first-order chi connectivity index (χ1) is 7.31. The molecular weight excluding hydrogens is 190 g/mol. The third kappa shape index (κ3) is 2.05. The molecule has 2 N–H and O–H groups in total. The van der Waals surface area contributed by atoms with Crippen molar-refractivity contribution in [3.8, 4) is 11.6 Å². The van der Waals surface area contributed by atoms with Gasteiger partial charge in [-0.2, -0.15) is 0 Å². The molecule has 0 aliphatic heterocycles. The van der Waals surface area contributed by atoms with E-state index < -0.39 is 0 Å². The van der Waals surface area contributed by atoms with Crippen LogP contribution in [-0.2, 0) is 6.42 Å². The lowest BCUT2D eigenvalue weighted by atomic mass is 10.2. The Morgan fingerprint density at radius 1 is 1.33 bits per heavy atom. The second kappa shape index (κ2) is 4.23. The number of rotatable bonds is 3. The molecule has 0 spiro atoms. The van der Waals surface area contributed by atoms with E-state index in [9.17, 15) is 0 Å². The number of nitrogens with two attached hydrogens (primary N) is 1. The number of aryl methyl sites for hydroxylation is 1. The third-order valence-corrected chi connectivity index (χ3v) is 2.20. The highest BCUT2D eigenvalue weighted by Gasteiger charge is 2.07. The second-order valence-corrected chi connectivity index (χ2v) is 3.39. The van der Waals surface area contributed by atoms with Crippen molar-refractivity contribution in [1.29, 1.82) is 0 Å². The lowest BCUT2D eigenvalue weighted by Gasteiger charge is -1.99. The van der Waals surface area contributed by atoms with Gasteiger partial charge in [-0.05, 0) is 37.1 Å². The van der Waals surface area contributed by atoms with E-state index in [1.165, 1.54) is 0 Å². The molecule has 0 aliphatic rings. The van der Waals surface area contributed by atoms with Gasteiger partial charge in [0.15, 0.2) is 11.6 Å². The van der Waals surface area contributed by atoms with E-state index in [2.05, 4.69) is 9.97 Å². The van der Waals surface area contributed by atoms with Crippen LogP contribution in [0.5, 0.6) is 0 Å². The van der Waals surface area contributed by atoms with Crippen LogP contribution >= 0.6 is 0 Å². The van der Waals surface area contributed by atoms with E-state index in [0.29, 0.717) is 12.4 Å². The van der Waals surface area contributed by atoms with Crippen molar-refractivity contribution in [1.82, 2.24) is 9.97 Å². The Kier molecular flexibility index (Phi) is 2.78. The van der Waals surface area contributed by atoms with Crippen molar-refractivity contribution in [3.63, 3.8) is 0 Å². The summed E-state index contributed by atoms with van der Waals surface area (Å²) in [6.07, 6.45) is 6.02. The first kappa shape index (κ1) is 9.86. The van der Waals surface area contributed by atoms with Crippen molar-refractivity contribution in [2.24, 2.45) is 5.73 Å². The zero-order chi connectivity index (χ0) is 10.7. The van der Waals surface area contributed by atoms with Gasteiger partial charge in [0, 0.05) is 12.4 Å². The summed E-state index contributed by atoms with van der Waals surface area (Å²) in [5, 5.41) is 0. The van der Waals surface area contributed by atoms with Crippen LogP contribution in [0.25, 0.3) is 11.6 Å². The fourth-order valence-electron chi connectivity index (χ4n) is 1.37. The topological polar surface area (TPSA) is 64.9 Å². The number of aromatic nitrogens is 2. The van der Waals surface area contributed by atoms with Crippen molar-refractivity contribution in [2.45, 2.75) is 13.3 Å². The van der Waals surface area contributed by atoms with Crippen LogP contribution in [0.4, 0.5) is 0 Å². The zero-order valence-electron chi connectivity index (χ0n) is 8.60. The van der Waals surface area contributed by atoms with Crippen LogP contribution in [0.1, 0.15) is 11.1 Å². The minimum Gasteiger partial charge on any atom is -0.461 e. The summed E-state index contributed by atoms with van der Waals surface area (Å²) in [5.41, 5.74) is 7.53. The molecule has 0 radical (unpaired) electrons. The van der Waals surface area contributed by atoms with Crippen LogP contribution in [0.15, 0.2) is 29.1 Å². The van der Waals surface area contributed by atoms with Gasteiger partial charge in [0.05, 0.1) is 6.26 Å². The predicted octanol–water partition coefficient (Wildman–Crippen LogP) is 1.55. The molecule has 0 amide bonds. The van der Waals surface area contributed by atoms with Crippen LogP contribution < -0.4 is 5.73 Å². The molecule has 0 fully saturated rings. The molecule has 78 valence electrons. The largest absolute Gasteiger partial charge is 0.461 e. The maximum Gasteiger partial charge on any atom is 0.195 e. The summed E-state index contributed by atoms with van der Waals surface area (Å²) < 4.78 is 5.30. The van der Waals surface area contributed by atoms with Gasteiger partial charge in [0.1, 0.15) is 0 Å². The van der Waals surface area contributed by atoms with Gasteiger partial charge in [-0.15, -0.1) is 0 Å². The fraction of sp³-hybridized carbons (Fsp3) is 0.273. The van der Waals surface area contributed by atoms with Crippen LogP contribution in [0.2, 0.25) is 0 Å². The molecule has 2 rings (SSSR count). The average molecular weight is 203 g/mol. The molecule has 4 heteroatoms. The summed E-state index contributed by atoms with van der Waals surface area (Å²) in [7, 11) is 0. The fourth-order valence-corrected chi connectivity index (χ4v) is 1.37. The van der Waals surface area contributed by atoms with Gasteiger partial charge in [-0.3, -0.25) is 0 Å². The van der Waals surface area contributed by atoms with Gasteiger partial charge in [-0.1, -0.05) is 0 Å².